The molecule has 0 spiro atoms. The molecular weight excluding hydrogens is 254 g/mol. The summed E-state index contributed by atoms with van der Waals surface area (Å²) in [5.74, 6) is -0.264. The number of nitrogens with two attached hydrogens (primary N) is 1. The van der Waals surface area contributed by atoms with Crippen LogP contribution in [0.2, 0.25) is 0 Å². The number of carbonyl (C=O) groups is 1. The molecule has 0 radical (unpaired) electrons. The standard InChI is InChI=1S/C10H13N5O2S/c1-6-7(2)18-8(13-6)4-17-9(16)3-15-5-12-10(11)14-15/h5H,3-4H2,1-2H3,(H2,11,14). The van der Waals surface area contributed by atoms with Crippen molar-refractivity contribution in [1.29, 1.82) is 0 Å². The molecule has 2 aromatic heterocycles. The molecule has 7 nitrogen and oxygen atoms in total. The van der Waals surface area contributed by atoms with Gasteiger partial charge in [0.15, 0.2) is 0 Å². The Morgan fingerprint density at radius 3 is 2.89 bits per heavy atom. The number of nitrogen functional groups attached to an aromatic ring is 1. The maximum atomic E-state index is 11.5. The third-order valence-corrected chi connectivity index (χ3v) is 3.32. The highest BCUT2D eigenvalue weighted by molar-refractivity contribution is 7.11. The van der Waals surface area contributed by atoms with Gasteiger partial charge >= 0.3 is 5.97 Å². The van der Waals surface area contributed by atoms with Crippen LogP contribution in [0.25, 0.3) is 0 Å². The molecule has 0 unspecified atom stereocenters. The first-order chi connectivity index (χ1) is 8.54. The van der Waals surface area contributed by atoms with Gasteiger partial charge in [-0.15, -0.1) is 16.4 Å². The highest BCUT2D eigenvalue weighted by atomic mass is 32.1. The molecule has 2 aromatic rings. The molecule has 0 aliphatic rings. The molecular formula is C10H13N5O2S. The van der Waals surface area contributed by atoms with Crippen LogP contribution in [0, 0.1) is 13.8 Å². The van der Waals surface area contributed by atoms with E-state index in [2.05, 4.69) is 15.1 Å². The van der Waals surface area contributed by atoms with Crippen LogP contribution in [0.1, 0.15) is 15.6 Å². The second-order valence-corrected chi connectivity index (χ2v) is 5.00. The number of thiazole rings is 1. The number of nitrogens with zero attached hydrogens (tertiary/aromatic N) is 4. The smallest absolute Gasteiger partial charge is 0.328 e. The van der Waals surface area contributed by atoms with Crippen LogP contribution >= 0.6 is 11.3 Å². The van der Waals surface area contributed by atoms with Crippen molar-refractivity contribution < 1.29 is 9.53 Å². The molecule has 0 aromatic carbocycles. The Bertz CT molecular complexity index is 543. The van der Waals surface area contributed by atoms with Gasteiger partial charge in [-0.3, -0.25) is 4.79 Å². The van der Waals surface area contributed by atoms with Crippen LogP contribution in [0.15, 0.2) is 6.33 Å². The summed E-state index contributed by atoms with van der Waals surface area (Å²) in [6.45, 7) is 4.09. The lowest BCUT2D eigenvalue weighted by Gasteiger charge is -2.01. The van der Waals surface area contributed by atoms with E-state index in [1.807, 2.05) is 13.8 Å². The summed E-state index contributed by atoms with van der Waals surface area (Å²) in [5.41, 5.74) is 6.30. The van der Waals surface area contributed by atoms with Crippen molar-refractivity contribution in [3.05, 3.63) is 21.9 Å². The zero-order chi connectivity index (χ0) is 13.1. The third kappa shape index (κ3) is 3.04. The topological polar surface area (TPSA) is 95.9 Å². The van der Waals surface area contributed by atoms with Gasteiger partial charge in [-0.25, -0.2) is 14.6 Å². The van der Waals surface area contributed by atoms with Gasteiger partial charge in [-0.2, -0.15) is 0 Å². The molecule has 0 saturated heterocycles. The van der Waals surface area contributed by atoms with Gasteiger partial charge in [-0.05, 0) is 13.8 Å². The Kier molecular flexibility index (Phi) is 3.56. The Hall–Kier alpha value is -1.96. The van der Waals surface area contributed by atoms with Crippen molar-refractivity contribution in [3.8, 4) is 0 Å². The van der Waals surface area contributed by atoms with Crippen LogP contribution in [0.3, 0.4) is 0 Å². The molecule has 0 bridgehead atoms. The van der Waals surface area contributed by atoms with Crippen LogP contribution < -0.4 is 5.73 Å². The maximum Gasteiger partial charge on any atom is 0.328 e. The molecule has 2 N–H and O–H groups in total. The van der Waals surface area contributed by atoms with Gasteiger partial charge in [0.25, 0.3) is 0 Å². The van der Waals surface area contributed by atoms with Gasteiger partial charge in [0.05, 0.1) is 5.69 Å². The van der Waals surface area contributed by atoms with E-state index in [1.54, 1.807) is 0 Å². The fourth-order valence-corrected chi connectivity index (χ4v) is 2.15. The van der Waals surface area contributed by atoms with Crippen molar-refractivity contribution in [3.63, 3.8) is 0 Å². The number of rotatable bonds is 4. The Balaban J connectivity index is 1.85. The lowest BCUT2D eigenvalue weighted by atomic mass is 10.4. The van der Waals surface area contributed by atoms with E-state index < -0.39 is 5.97 Å². The predicted molar refractivity (Wildman–Crippen MR) is 65.8 cm³/mol. The van der Waals surface area contributed by atoms with E-state index in [0.717, 1.165) is 15.6 Å². The number of hydrogen-bond acceptors (Lipinski definition) is 7. The average Bonchev–Trinajstić information content (AvgIpc) is 2.84. The molecule has 0 fully saturated rings. The maximum absolute atomic E-state index is 11.5. The second-order valence-electron chi connectivity index (χ2n) is 3.71. The van der Waals surface area contributed by atoms with Gasteiger partial charge in [-0.1, -0.05) is 0 Å². The zero-order valence-corrected chi connectivity index (χ0v) is 10.9. The fourth-order valence-electron chi connectivity index (χ4n) is 1.31. The number of aromatic nitrogens is 4. The monoisotopic (exact) mass is 267 g/mol. The lowest BCUT2D eigenvalue weighted by Crippen LogP contribution is -2.14. The minimum atomic E-state index is -0.398. The Labute approximate surface area is 108 Å². The van der Waals surface area contributed by atoms with Crippen LogP contribution in [0.5, 0.6) is 0 Å². The first-order valence-electron chi connectivity index (χ1n) is 5.28. The van der Waals surface area contributed by atoms with Crippen molar-refractivity contribution in [2.75, 3.05) is 5.73 Å². The summed E-state index contributed by atoms with van der Waals surface area (Å²) in [4.78, 5) is 20.6. The van der Waals surface area contributed by atoms with E-state index in [1.165, 1.54) is 22.3 Å². The summed E-state index contributed by atoms with van der Waals surface area (Å²) in [6.07, 6.45) is 1.38. The number of hydrogen-bond donors (Lipinski definition) is 1. The minimum absolute atomic E-state index is 0.00641. The molecule has 0 aliphatic carbocycles. The Morgan fingerprint density at radius 2 is 2.33 bits per heavy atom. The number of aryl methyl sites for hydroxylation is 2. The van der Waals surface area contributed by atoms with Gasteiger partial charge < -0.3 is 10.5 Å². The normalized spacial score (nSPS) is 10.6. The lowest BCUT2D eigenvalue weighted by molar-refractivity contribution is -0.145. The largest absolute Gasteiger partial charge is 0.457 e. The highest BCUT2D eigenvalue weighted by Gasteiger charge is 2.09. The molecule has 96 valence electrons. The first-order valence-corrected chi connectivity index (χ1v) is 6.09. The molecule has 2 rings (SSSR count). The summed E-state index contributed by atoms with van der Waals surface area (Å²) >= 11 is 1.52. The van der Waals surface area contributed by atoms with Gasteiger partial charge in [0.2, 0.25) is 5.95 Å². The molecule has 8 heteroatoms. The number of ether oxygens (including phenoxy) is 1. The number of anilines is 1. The molecule has 0 atom stereocenters. The highest BCUT2D eigenvalue weighted by Crippen LogP contribution is 2.17. The quantitative estimate of drug-likeness (QED) is 0.818. The Morgan fingerprint density at radius 1 is 1.56 bits per heavy atom. The van der Waals surface area contributed by atoms with Crippen molar-refractivity contribution >= 4 is 23.3 Å². The molecule has 2 heterocycles. The zero-order valence-electron chi connectivity index (χ0n) is 10.1. The summed E-state index contributed by atoms with van der Waals surface area (Å²) < 4.78 is 6.42. The van der Waals surface area contributed by atoms with E-state index in [4.69, 9.17) is 10.5 Å². The molecule has 0 aliphatic heterocycles. The van der Waals surface area contributed by atoms with Crippen LogP contribution in [0.4, 0.5) is 5.95 Å². The van der Waals surface area contributed by atoms with Crippen LogP contribution in [-0.2, 0) is 22.7 Å². The third-order valence-electron chi connectivity index (χ3n) is 2.27. The van der Waals surface area contributed by atoms with Crippen molar-refractivity contribution in [1.82, 2.24) is 19.7 Å². The van der Waals surface area contributed by atoms with Crippen molar-refractivity contribution in [2.45, 2.75) is 27.0 Å². The van der Waals surface area contributed by atoms with Crippen LogP contribution in [-0.4, -0.2) is 25.7 Å². The van der Waals surface area contributed by atoms with E-state index >= 15 is 0 Å². The molecule has 0 amide bonds. The molecule has 0 saturated carbocycles. The predicted octanol–water partition coefficient (Wildman–Crippen LogP) is 0.677. The average molecular weight is 267 g/mol. The second kappa shape index (κ2) is 5.13. The number of esters is 1. The van der Waals surface area contributed by atoms with Crippen molar-refractivity contribution in [2.24, 2.45) is 0 Å². The molecule has 18 heavy (non-hydrogen) atoms. The minimum Gasteiger partial charge on any atom is -0.457 e. The van der Waals surface area contributed by atoms with Gasteiger partial charge in [0, 0.05) is 4.88 Å². The first kappa shape index (κ1) is 12.5. The van der Waals surface area contributed by atoms with E-state index in [-0.39, 0.29) is 19.1 Å². The number of carbonyl (C=O) groups excluding carboxylic acids is 1. The summed E-state index contributed by atoms with van der Waals surface area (Å²) in [6, 6.07) is 0. The summed E-state index contributed by atoms with van der Waals surface area (Å²) in [5, 5.41) is 4.58. The summed E-state index contributed by atoms with van der Waals surface area (Å²) in [7, 11) is 0. The van der Waals surface area contributed by atoms with Gasteiger partial charge in [0.1, 0.15) is 24.5 Å². The SMILES string of the molecule is Cc1nc(COC(=O)Cn2cnc(N)n2)sc1C. The fraction of sp³-hybridized carbons (Fsp3) is 0.400. The van der Waals surface area contributed by atoms with E-state index in [9.17, 15) is 4.79 Å². The van der Waals surface area contributed by atoms with E-state index in [0.29, 0.717) is 0 Å².